The van der Waals surface area contributed by atoms with E-state index in [4.69, 9.17) is 15.9 Å². The van der Waals surface area contributed by atoms with E-state index in [0.717, 1.165) is 10.9 Å². The summed E-state index contributed by atoms with van der Waals surface area (Å²) in [6.07, 6.45) is 0.858. The van der Waals surface area contributed by atoms with Crippen LogP contribution in [0.25, 0.3) is 10.9 Å². The summed E-state index contributed by atoms with van der Waals surface area (Å²) in [6.45, 7) is 2.54. The number of carboxylic acids is 2. The molecule has 0 saturated heterocycles. The number of aliphatic hydroxyl groups is 1. The van der Waals surface area contributed by atoms with E-state index in [2.05, 4.69) is 20.9 Å². The second-order valence-corrected chi connectivity index (χ2v) is 8.98. The first kappa shape index (κ1) is 29.3. The predicted octanol–water partition coefficient (Wildman–Crippen LogP) is -0.910. The molecule has 1 aromatic carbocycles. The molecule has 13 nitrogen and oxygen atoms in total. The van der Waals surface area contributed by atoms with Crippen molar-refractivity contribution in [1.29, 1.82) is 0 Å². The molecule has 13 heteroatoms. The fourth-order valence-electron chi connectivity index (χ4n) is 3.67. The van der Waals surface area contributed by atoms with Gasteiger partial charge in [-0.3, -0.25) is 19.2 Å². The van der Waals surface area contributed by atoms with Crippen LogP contribution in [0.1, 0.15) is 32.3 Å². The summed E-state index contributed by atoms with van der Waals surface area (Å²) < 4.78 is 0. The van der Waals surface area contributed by atoms with Gasteiger partial charge in [0.1, 0.15) is 24.2 Å². The first-order valence-electron chi connectivity index (χ1n) is 11.7. The van der Waals surface area contributed by atoms with E-state index >= 15 is 0 Å². The number of benzene rings is 1. The zero-order chi connectivity index (χ0) is 27.7. The predicted molar refractivity (Wildman–Crippen MR) is 132 cm³/mol. The standard InChI is InChI=1S/C24H33N5O8/c1-12(2)20(24(36)37)29-23(35)18(9-13-10-26-16-6-4-3-5-14(13)16)28-22(34)17(7-8-19(31)32)27-21(33)15(25)11-30/h3-6,10,12,15,17-18,20,26,30H,7-9,11,25H2,1-2H3,(H,27,33)(H,28,34)(H,29,35)(H,31,32)(H,36,37). The molecule has 4 unspecified atom stereocenters. The number of hydrogen-bond acceptors (Lipinski definition) is 7. The van der Waals surface area contributed by atoms with Crippen LogP contribution in [0.3, 0.4) is 0 Å². The average molecular weight is 520 g/mol. The number of para-hydroxylation sites is 1. The van der Waals surface area contributed by atoms with Crippen LogP contribution in [0, 0.1) is 5.92 Å². The van der Waals surface area contributed by atoms with Gasteiger partial charge in [-0.15, -0.1) is 0 Å². The van der Waals surface area contributed by atoms with Gasteiger partial charge in [0.2, 0.25) is 17.7 Å². The highest BCUT2D eigenvalue weighted by Crippen LogP contribution is 2.19. The zero-order valence-corrected chi connectivity index (χ0v) is 20.6. The minimum atomic E-state index is -1.38. The van der Waals surface area contributed by atoms with E-state index in [1.165, 1.54) is 0 Å². The molecule has 2 aromatic rings. The van der Waals surface area contributed by atoms with Crippen LogP contribution in [0.2, 0.25) is 0 Å². The molecule has 0 saturated carbocycles. The van der Waals surface area contributed by atoms with E-state index < -0.39 is 72.8 Å². The van der Waals surface area contributed by atoms with Crippen molar-refractivity contribution < 1.29 is 39.3 Å². The number of aliphatic hydroxyl groups excluding tert-OH is 1. The average Bonchev–Trinajstić information content (AvgIpc) is 3.25. The van der Waals surface area contributed by atoms with Crippen molar-refractivity contribution in [2.45, 2.75) is 57.3 Å². The van der Waals surface area contributed by atoms with Gasteiger partial charge in [0.15, 0.2) is 0 Å². The Morgan fingerprint density at radius 2 is 1.57 bits per heavy atom. The number of aromatic nitrogens is 1. The fraction of sp³-hybridized carbons (Fsp3) is 0.458. The third-order valence-corrected chi connectivity index (χ3v) is 5.78. The van der Waals surface area contributed by atoms with Gasteiger partial charge in [-0.25, -0.2) is 4.79 Å². The van der Waals surface area contributed by atoms with Crippen molar-refractivity contribution in [3.8, 4) is 0 Å². The molecule has 1 heterocycles. The summed E-state index contributed by atoms with van der Waals surface area (Å²) in [5.41, 5.74) is 6.95. The lowest BCUT2D eigenvalue weighted by Gasteiger charge is -2.26. The number of H-pyrrole nitrogens is 1. The van der Waals surface area contributed by atoms with Gasteiger partial charge < -0.3 is 42.0 Å². The maximum absolute atomic E-state index is 13.2. The third-order valence-electron chi connectivity index (χ3n) is 5.78. The van der Waals surface area contributed by atoms with Crippen LogP contribution in [-0.2, 0) is 30.4 Å². The van der Waals surface area contributed by atoms with Crippen LogP contribution in [0.4, 0.5) is 0 Å². The summed E-state index contributed by atoms with van der Waals surface area (Å²) in [7, 11) is 0. The Kier molecular flexibility index (Phi) is 10.6. The summed E-state index contributed by atoms with van der Waals surface area (Å²) in [6, 6.07) is 2.07. The number of nitrogens with two attached hydrogens (primary N) is 1. The van der Waals surface area contributed by atoms with Crippen LogP contribution in [0.15, 0.2) is 30.5 Å². The fourth-order valence-corrected chi connectivity index (χ4v) is 3.67. The molecule has 0 spiro atoms. The van der Waals surface area contributed by atoms with E-state index in [1.54, 1.807) is 26.1 Å². The van der Waals surface area contributed by atoms with Gasteiger partial charge in [0.25, 0.3) is 0 Å². The molecule has 3 amide bonds. The van der Waals surface area contributed by atoms with Gasteiger partial charge in [-0.1, -0.05) is 32.0 Å². The van der Waals surface area contributed by atoms with E-state index in [9.17, 15) is 29.1 Å². The van der Waals surface area contributed by atoms with Gasteiger partial charge in [0, 0.05) is 29.9 Å². The summed E-state index contributed by atoms with van der Waals surface area (Å²) in [4.78, 5) is 64.3. The second-order valence-electron chi connectivity index (χ2n) is 8.98. The van der Waals surface area contributed by atoms with Crippen LogP contribution in [-0.4, -0.2) is 80.7 Å². The first-order chi connectivity index (χ1) is 17.4. The topological polar surface area (TPSA) is 224 Å². The number of aliphatic carboxylic acids is 2. The Morgan fingerprint density at radius 3 is 2.16 bits per heavy atom. The van der Waals surface area contributed by atoms with Crippen molar-refractivity contribution in [3.05, 3.63) is 36.0 Å². The molecule has 1 aromatic heterocycles. The molecule has 9 N–H and O–H groups in total. The number of carbonyl (C=O) groups is 5. The molecule has 4 atom stereocenters. The minimum absolute atomic E-state index is 0.0260. The van der Waals surface area contributed by atoms with Crippen LogP contribution in [0.5, 0.6) is 0 Å². The van der Waals surface area contributed by atoms with Gasteiger partial charge in [0.05, 0.1) is 6.61 Å². The third kappa shape index (κ3) is 8.29. The number of rotatable bonds is 14. The molecule has 0 radical (unpaired) electrons. The highest BCUT2D eigenvalue weighted by atomic mass is 16.4. The van der Waals surface area contributed by atoms with Gasteiger partial charge in [-0.05, 0) is 24.0 Å². The highest BCUT2D eigenvalue weighted by molar-refractivity contribution is 5.95. The Morgan fingerprint density at radius 1 is 0.946 bits per heavy atom. The molecular formula is C24H33N5O8. The minimum Gasteiger partial charge on any atom is -0.481 e. The number of amides is 3. The number of carboxylic acid groups (broad SMARTS) is 2. The molecule has 37 heavy (non-hydrogen) atoms. The van der Waals surface area contributed by atoms with Crippen LogP contribution < -0.4 is 21.7 Å². The summed E-state index contributed by atoms with van der Waals surface area (Å²) in [5.74, 6) is -5.42. The second kappa shape index (κ2) is 13.4. The maximum atomic E-state index is 13.2. The first-order valence-corrected chi connectivity index (χ1v) is 11.7. The summed E-state index contributed by atoms with van der Waals surface area (Å²) in [5, 5.41) is 35.7. The van der Waals surface area contributed by atoms with Crippen molar-refractivity contribution in [3.63, 3.8) is 0 Å². The number of hydrogen-bond donors (Lipinski definition) is 8. The number of nitrogens with one attached hydrogen (secondary N) is 4. The molecular weight excluding hydrogens is 486 g/mol. The van der Waals surface area contributed by atoms with Crippen molar-refractivity contribution in [1.82, 2.24) is 20.9 Å². The summed E-state index contributed by atoms with van der Waals surface area (Å²) >= 11 is 0. The maximum Gasteiger partial charge on any atom is 0.326 e. The SMILES string of the molecule is CC(C)C(NC(=O)C(Cc1c[nH]c2ccccc12)NC(=O)C(CCC(=O)O)NC(=O)C(N)CO)C(=O)O. The van der Waals surface area contributed by atoms with Gasteiger partial charge >= 0.3 is 11.9 Å². The largest absolute Gasteiger partial charge is 0.481 e. The number of aromatic amines is 1. The number of carbonyl (C=O) groups excluding carboxylic acids is 3. The quantitative estimate of drug-likeness (QED) is 0.154. The monoisotopic (exact) mass is 519 g/mol. The molecule has 2 rings (SSSR count). The normalized spacial score (nSPS) is 14.4. The molecule has 202 valence electrons. The number of fused-ring (bicyclic) bond motifs is 1. The highest BCUT2D eigenvalue weighted by Gasteiger charge is 2.32. The zero-order valence-electron chi connectivity index (χ0n) is 20.6. The smallest absolute Gasteiger partial charge is 0.326 e. The Bertz CT molecular complexity index is 1130. The Labute approximate surface area is 212 Å². The molecule has 0 aliphatic rings. The van der Waals surface area contributed by atoms with Crippen molar-refractivity contribution in [2.75, 3.05) is 6.61 Å². The van der Waals surface area contributed by atoms with Crippen molar-refractivity contribution >= 4 is 40.6 Å². The Balaban J connectivity index is 2.34. The van der Waals surface area contributed by atoms with Gasteiger partial charge in [-0.2, -0.15) is 0 Å². The lowest BCUT2D eigenvalue weighted by molar-refractivity contribution is -0.143. The van der Waals surface area contributed by atoms with E-state index in [0.29, 0.717) is 5.56 Å². The van der Waals surface area contributed by atoms with Crippen LogP contribution >= 0.6 is 0 Å². The molecule has 0 aliphatic carbocycles. The lowest BCUT2D eigenvalue weighted by Crippen LogP contribution is -2.58. The van der Waals surface area contributed by atoms with E-state index in [1.807, 2.05) is 18.2 Å². The Hall–Kier alpha value is -3.97. The lowest BCUT2D eigenvalue weighted by atomic mass is 10.0. The van der Waals surface area contributed by atoms with Crippen molar-refractivity contribution in [2.24, 2.45) is 11.7 Å². The van der Waals surface area contributed by atoms with E-state index in [-0.39, 0.29) is 12.8 Å². The molecule has 0 fully saturated rings. The molecule has 0 aliphatic heterocycles. The molecule has 0 bridgehead atoms.